The van der Waals surface area contributed by atoms with Crippen molar-refractivity contribution in [2.45, 2.75) is 12.8 Å². The van der Waals surface area contributed by atoms with Crippen LogP contribution in [0.15, 0.2) is 12.1 Å². The molecule has 0 spiro atoms. The average molecular weight is 209 g/mol. The van der Waals surface area contributed by atoms with E-state index >= 15 is 0 Å². The summed E-state index contributed by atoms with van der Waals surface area (Å²) in [4.78, 5) is 0. The Bertz CT molecular complexity index is 352. The number of nitrogens with two attached hydrogens (primary N) is 1. The molecule has 1 heterocycles. The largest absolute Gasteiger partial charge is 0.504 e. The van der Waals surface area contributed by atoms with Gasteiger partial charge in [-0.3, -0.25) is 0 Å². The van der Waals surface area contributed by atoms with Gasteiger partial charge >= 0.3 is 0 Å². The number of rotatable bonds is 3. The minimum absolute atomic E-state index is 0.195. The summed E-state index contributed by atoms with van der Waals surface area (Å²) >= 11 is 0. The molecule has 15 heavy (non-hydrogen) atoms. The van der Waals surface area contributed by atoms with Crippen LogP contribution < -0.4 is 15.2 Å². The molecule has 0 fully saturated rings. The molecule has 1 aromatic rings. The summed E-state index contributed by atoms with van der Waals surface area (Å²) in [6, 6.07) is 3.69. The summed E-state index contributed by atoms with van der Waals surface area (Å²) in [6.45, 7) is 1.64. The maximum atomic E-state index is 9.92. The van der Waals surface area contributed by atoms with Crippen LogP contribution in [0.4, 0.5) is 0 Å². The Morgan fingerprint density at radius 3 is 2.87 bits per heavy atom. The predicted molar refractivity (Wildman–Crippen MR) is 56.5 cm³/mol. The van der Waals surface area contributed by atoms with Gasteiger partial charge < -0.3 is 20.3 Å². The van der Waals surface area contributed by atoms with Gasteiger partial charge in [0.05, 0.1) is 0 Å². The average Bonchev–Trinajstić information content (AvgIpc) is 2.29. The molecule has 0 unspecified atom stereocenters. The van der Waals surface area contributed by atoms with Gasteiger partial charge in [-0.15, -0.1) is 0 Å². The van der Waals surface area contributed by atoms with E-state index in [1.807, 2.05) is 12.1 Å². The third kappa shape index (κ3) is 1.99. The van der Waals surface area contributed by atoms with Crippen molar-refractivity contribution in [3.63, 3.8) is 0 Å². The molecule has 4 nitrogen and oxygen atoms in total. The molecule has 0 bridgehead atoms. The van der Waals surface area contributed by atoms with Gasteiger partial charge in [0.2, 0.25) is 5.75 Å². The lowest BCUT2D eigenvalue weighted by Crippen LogP contribution is -2.15. The Morgan fingerprint density at radius 1 is 1.27 bits per heavy atom. The normalized spacial score (nSPS) is 13.9. The molecule has 1 aliphatic rings. The zero-order valence-electron chi connectivity index (χ0n) is 8.53. The van der Waals surface area contributed by atoms with E-state index in [1.165, 1.54) is 0 Å². The summed E-state index contributed by atoms with van der Waals surface area (Å²) in [6.07, 6.45) is 1.62. The molecule has 1 aliphatic heterocycles. The maximum absolute atomic E-state index is 9.92. The minimum atomic E-state index is 0.195. The van der Waals surface area contributed by atoms with E-state index < -0.39 is 0 Å². The standard InChI is InChI=1S/C11H15NO3/c12-5-1-2-8-3-4-9-11(10(8)13)15-7-6-14-9/h3-4,13H,1-2,5-7,12H2. The Labute approximate surface area is 88.6 Å². The number of phenolic OH excluding ortho intramolecular Hbond substituents is 1. The first-order valence-electron chi connectivity index (χ1n) is 5.13. The maximum Gasteiger partial charge on any atom is 0.203 e. The van der Waals surface area contributed by atoms with E-state index in [0.717, 1.165) is 18.4 Å². The van der Waals surface area contributed by atoms with Gasteiger partial charge in [0.25, 0.3) is 0 Å². The minimum Gasteiger partial charge on any atom is -0.504 e. The molecule has 0 atom stereocenters. The molecule has 2 rings (SSSR count). The number of benzene rings is 1. The first-order chi connectivity index (χ1) is 7.33. The van der Waals surface area contributed by atoms with Crippen molar-refractivity contribution in [3.05, 3.63) is 17.7 Å². The number of fused-ring (bicyclic) bond motifs is 1. The van der Waals surface area contributed by atoms with Crippen LogP contribution in [0, 0.1) is 0 Å². The lowest BCUT2D eigenvalue weighted by Gasteiger charge is -2.20. The Balaban J connectivity index is 2.26. The van der Waals surface area contributed by atoms with Crippen molar-refractivity contribution in [2.24, 2.45) is 5.73 Å². The number of aryl methyl sites for hydroxylation is 1. The molecule has 0 aromatic heterocycles. The zero-order valence-corrected chi connectivity index (χ0v) is 8.53. The van der Waals surface area contributed by atoms with Crippen molar-refractivity contribution < 1.29 is 14.6 Å². The summed E-state index contributed by atoms with van der Waals surface area (Å²) < 4.78 is 10.7. The Morgan fingerprint density at radius 2 is 2.07 bits per heavy atom. The molecule has 3 N–H and O–H groups in total. The van der Waals surface area contributed by atoms with Crippen molar-refractivity contribution in [1.82, 2.24) is 0 Å². The van der Waals surface area contributed by atoms with Crippen molar-refractivity contribution in [3.8, 4) is 17.2 Å². The monoisotopic (exact) mass is 209 g/mol. The van der Waals surface area contributed by atoms with Gasteiger partial charge in [-0.2, -0.15) is 0 Å². The third-order valence-corrected chi connectivity index (χ3v) is 2.42. The molecular weight excluding hydrogens is 194 g/mol. The quantitative estimate of drug-likeness (QED) is 0.781. The highest BCUT2D eigenvalue weighted by Gasteiger charge is 2.18. The molecule has 1 aromatic carbocycles. The molecule has 4 heteroatoms. The summed E-state index contributed by atoms with van der Waals surface area (Å²) in [7, 11) is 0. The molecule has 0 saturated heterocycles. The highest BCUT2D eigenvalue weighted by Crippen LogP contribution is 2.41. The van der Waals surface area contributed by atoms with Crippen molar-refractivity contribution in [2.75, 3.05) is 19.8 Å². The van der Waals surface area contributed by atoms with Crippen LogP contribution in [-0.2, 0) is 6.42 Å². The van der Waals surface area contributed by atoms with E-state index in [0.29, 0.717) is 31.3 Å². The second kappa shape index (κ2) is 4.40. The smallest absolute Gasteiger partial charge is 0.203 e. The first kappa shape index (κ1) is 10.1. The SMILES string of the molecule is NCCCc1ccc2c(c1O)OCCO2. The van der Waals surface area contributed by atoms with E-state index in [1.54, 1.807) is 0 Å². The topological polar surface area (TPSA) is 64.7 Å². The van der Waals surface area contributed by atoms with E-state index in [2.05, 4.69) is 0 Å². The molecular formula is C11H15NO3. The molecule has 0 amide bonds. The summed E-state index contributed by atoms with van der Waals surface area (Å²) in [5, 5.41) is 9.92. The highest BCUT2D eigenvalue weighted by atomic mass is 16.6. The van der Waals surface area contributed by atoms with Crippen LogP contribution in [-0.4, -0.2) is 24.9 Å². The van der Waals surface area contributed by atoms with Gasteiger partial charge in [-0.1, -0.05) is 6.07 Å². The van der Waals surface area contributed by atoms with Crippen LogP contribution in [0.5, 0.6) is 17.2 Å². The second-order valence-electron chi connectivity index (χ2n) is 3.49. The van der Waals surface area contributed by atoms with E-state index in [4.69, 9.17) is 15.2 Å². The second-order valence-corrected chi connectivity index (χ2v) is 3.49. The number of phenols is 1. The van der Waals surface area contributed by atoms with Crippen molar-refractivity contribution >= 4 is 0 Å². The van der Waals surface area contributed by atoms with Gasteiger partial charge in [0, 0.05) is 0 Å². The first-order valence-corrected chi connectivity index (χ1v) is 5.13. The van der Waals surface area contributed by atoms with Gasteiger partial charge in [0.1, 0.15) is 13.2 Å². The fraction of sp³-hybridized carbons (Fsp3) is 0.455. The Hall–Kier alpha value is -1.42. The molecule has 0 radical (unpaired) electrons. The highest BCUT2D eigenvalue weighted by molar-refractivity contribution is 5.55. The van der Waals surface area contributed by atoms with Crippen LogP contribution >= 0.6 is 0 Å². The van der Waals surface area contributed by atoms with Crippen molar-refractivity contribution in [1.29, 1.82) is 0 Å². The zero-order chi connectivity index (χ0) is 10.7. The lowest BCUT2D eigenvalue weighted by molar-refractivity contribution is 0.165. The van der Waals surface area contributed by atoms with Crippen LogP contribution in [0.1, 0.15) is 12.0 Å². The summed E-state index contributed by atoms with van der Waals surface area (Å²) in [5.41, 5.74) is 6.29. The number of hydrogen-bond acceptors (Lipinski definition) is 4. The van der Waals surface area contributed by atoms with Gasteiger partial charge in [-0.05, 0) is 31.0 Å². The molecule has 82 valence electrons. The van der Waals surface area contributed by atoms with E-state index in [9.17, 15) is 5.11 Å². The van der Waals surface area contributed by atoms with E-state index in [-0.39, 0.29) is 5.75 Å². The fourth-order valence-electron chi connectivity index (χ4n) is 1.64. The summed E-state index contributed by atoms with van der Waals surface area (Å²) in [5.74, 6) is 1.28. The number of ether oxygens (including phenoxy) is 2. The van der Waals surface area contributed by atoms with Crippen LogP contribution in [0.25, 0.3) is 0 Å². The molecule has 0 aliphatic carbocycles. The third-order valence-electron chi connectivity index (χ3n) is 2.42. The predicted octanol–water partition coefficient (Wildman–Crippen LogP) is 1.05. The molecule has 0 saturated carbocycles. The number of hydrogen-bond donors (Lipinski definition) is 2. The van der Waals surface area contributed by atoms with Crippen LogP contribution in [0.3, 0.4) is 0 Å². The van der Waals surface area contributed by atoms with Gasteiger partial charge in [0.15, 0.2) is 11.5 Å². The Kier molecular flexibility index (Phi) is 2.97. The van der Waals surface area contributed by atoms with Gasteiger partial charge in [-0.25, -0.2) is 0 Å². The fourth-order valence-corrected chi connectivity index (χ4v) is 1.64. The number of aromatic hydroxyl groups is 1. The lowest BCUT2D eigenvalue weighted by atomic mass is 10.1. The van der Waals surface area contributed by atoms with Crippen LogP contribution in [0.2, 0.25) is 0 Å².